The Morgan fingerprint density at radius 2 is 1.59 bits per heavy atom. The van der Waals surface area contributed by atoms with Crippen LogP contribution in [0.5, 0.6) is 0 Å². The predicted molar refractivity (Wildman–Crippen MR) is 94.5 cm³/mol. The highest BCUT2D eigenvalue weighted by atomic mass is 32.1. The van der Waals surface area contributed by atoms with Crippen LogP contribution in [-0.2, 0) is 24.5 Å². The quantitative estimate of drug-likeness (QED) is 0.768. The smallest absolute Gasteiger partial charge is 0.166 e. The van der Waals surface area contributed by atoms with Crippen molar-refractivity contribution < 1.29 is 4.74 Å². The van der Waals surface area contributed by atoms with Crippen molar-refractivity contribution in [1.29, 1.82) is 0 Å². The van der Waals surface area contributed by atoms with Crippen LogP contribution < -0.4 is 10.6 Å². The zero-order chi connectivity index (χ0) is 15.6. The Morgan fingerprint density at radius 1 is 0.909 bits per heavy atom. The fraction of sp³-hybridized carbons (Fsp3) is 0.278. The Kier molecular flexibility index (Phi) is 6.87. The molecule has 2 aromatic carbocycles. The van der Waals surface area contributed by atoms with Gasteiger partial charge in [0.1, 0.15) is 0 Å². The highest BCUT2D eigenvalue weighted by Gasteiger charge is 1.99. The van der Waals surface area contributed by atoms with E-state index in [-0.39, 0.29) is 0 Å². The van der Waals surface area contributed by atoms with Gasteiger partial charge >= 0.3 is 0 Å². The molecule has 0 saturated heterocycles. The fourth-order valence-electron chi connectivity index (χ4n) is 2.10. The van der Waals surface area contributed by atoms with Crippen LogP contribution in [0.1, 0.15) is 23.6 Å². The molecule has 0 aromatic heterocycles. The average Bonchev–Trinajstić information content (AvgIpc) is 2.55. The molecule has 116 valence electrons. The van der Waals surface area contributed by atoms with Crippen molar-refractivity contribution in [2.24, 2.45) is 0 Å². The van der Waals surface area contributed by atoms with Gasteiger partial charge in [-0.05, 0) is 35.8 Å². The molecule has 0 fully saturated rings. The number of hydrogen-bond acceptors (Lipinski definition) is 2. The van der Waals surface area contributed by atoms with Crippen LogP contribution in [0.4, 0.5) is 0 Å². The van der Waals surface area contributed by atoms with Gasteiger partial charge in [0.15, 0.2) is 5.11 Å². The zero-order valence-electron chi connectivity index (χ0n) is 12.8. The number of thiocarbonyl (C=S) groups is 1. The summed E-state index contributed by atoms with van der Waals surface area (Å²) in [6.07, 6.45) is 0. The molecule has 2 aromatic rings. The summed E-state index contributed by atoms with van der Waals surface area (Å²) in [4.78, 5) is 0. The molecule has 0 radical (unpaired) electrons. The third-order valence-corrected chi connectivity index (χ3v) is 3.45. The molecular weight excluding hydrogens is 292 g/mol. The number of hydrogen-bond donors (Lipinski definition) is 2. The summed E-state index contributed by atoms with van der Waals surface area (Å²) < 4.78 is 5.77. The van der Waals surface area contributed by atoms with E-state index in [1.165, 1.54) is 16.7 Å². The van der Waals surface area contributed by atoms with Gasteiger partial charge in [0.25, 0.3) is 0 Å². The predicted octanol–water partition coefficient (Wildman–Crippen LogP) is 3.39. The van der Waals surface area contributed by atoms with Gasteiger partial charge in [-0.3, -0.25) is 0 Å². The van der Waals surface area contributed by atoms with Crippen molar-refractivity contribution in [2.75, 3.05) is 6.54 Å². The summed E-state index contributed by atoms with van der Waals surface area (Å²) in [7, 11) is 0. The van der Waals surface area contributed by atoms with Crippen LogP contribution in [0.3, 0.4) is 0 Å². The van der Waals surface area contributed by atoms with E-state index >= 15 is 0 Å². The molecule has 22 heavy (non-hydrogen) atoms. The Labute approximate surface area is 137 Å². The van der Waals surface area contributed by atoms with E-state index in [0.717, 1.165) is 13.1 Å². The first-order valence-corrected chi connectivity index (χ1v) is 7.90. The Morgan fingerprint density at radius 3 is 2.36 bits per heavy atom. The maximum absolute atomic E-state index is 5.77. The Bertz CT molecular complexity index is 587. The number of benzene rings is 2. The van der Waals surface area contributed by atoms with E-state index in [1.807, 2.05) is 25.1 Å². The van der Waals surface area contributed by atoms with Gasteiger partial charge in [-0.2, -0.15) is 0 Å². The monoisotopic (exact) mass is 314 g/mol. The van der Waals surface area contributed by atoms with Gasteiger partial charge in [-0.15, -0.1) is 0 Å². The van der Waals surface area contributed by atoms with Crippen LogP contribution in [0.15, 0.2) is 54.6 Å². The molecule has 4 heteroatoms. The number of ether oxygens (including phenoxy) is 1. The van der Waals surface area contributed by atoms with Gasteiger partial charge in [-0.25, -0.2) is 0 Å². The van der Waals surface area contributed by atoms with Crippen LogP contribution in [0.2, 0.25) is 0 Å². The third-order valence-electron chi connectivity index (χ3n) is 3.16. The van der Waals surface area contributed by atoms with Crippen LogP contribution in [0.25, 0.3) is 0 Å². The first kappa shape index (κ1) is 16.5. The van der Waals surface area contributed by atoms with Gasteiger partial charge < -0.3 is 15.4 Å². The highest BCUT2D eigenvalue weighted by Crippen LogP contribution is 2.09. The molecule has 3 nitrogen and oxygen atoms in total. The molecule has 0 saturated carbocycles. The summed E-state index contributed by atoms with van der Waals surface area (Å²) in [5.41, 5.74) is 3.56. The van der Waals surface area contributed by atoms with Crippen LogP contribution in [0, 0.1) is 0 Å². The standard InChI is InChI=1S/C18H22N2OS/c1-2-19-18(22)20-12-16-9-6-10-17(11-16)14-21-13-15-7-4-3-5-8-15/h3-11H,2,12-14H2,1H3,(H2,19,20,22). The fourth-order valence-corrected chi connectivity index (χ4v) is 2.31. The lowest BCUT2D eigenvalue weighted by Gasteiger charge is -2.10. The summed E-state index contributed by atoms with van der Waals surface area (Å²) in [5, 5.41) is 6.96. The molecule has 0 aliphatic rings. The maximum atomic E-state index is 5.77. The van der Waals surface area contributed by atoms with Crippen molar-refractivity contribution in [2.45, 2.75) is 26.7 Å². The molecule has 0 aliphatic heterocycles. The van der Waals surface area contributed by atoms with Crippen molar-refractivity contribution in [3.63, 3.8) is 0 Å². The first-order valence-electron chi connectivity index (χ1n) is 7.49. The summed E-state index contributed by atoms with van der Waals surface area (Å²) >= 11 is 5.16. The van der Waals surface area contributed by atoms with E-state index in [9.17, 15) is 0 Å². The second kappa shape index (κ2) is 9.18. The first-order chi connectivity index (χ1) is 10.8. The van der Waals surface area contributed by atoms with Crippen molar-refractivity contribution >= 4 is 17.3 Å². The molecule has 0 bridgehead atoms. The SMILES string of the molecule is CCNC(=S)NCc1cccc(COCc2ccccc2)c1. The van der Waals surface area contributed by atoms with Gasteiger partial charge in [0.2, 0.25) is 0 Å². The van der Waals surface area contributed by atoms with Crippen LogP contribution >= 0.6 is 12.2 Å². The lowest BCUT2D eigenvalue weighted by atomic mass is 10.1. The van der Waals surface area contributed by atoms with Crippen LogP contribution in [-0.4, -0.2) is 11.7 Å². The number of rotatable bonds is 7. The van der Waals surface area contributed by atoms with Gasteiger partial charge in [0, 0.05) is 13.1 Å². The Hall–Kier alpha value is -1.91. The van der Waals surface area contributed by atoms with E-state index in [0.29, 0.717) is 18.3 Å². The minimum absolute atomic E-state index is 0.611. The van der Waals surface area contributed by atoms with E-state index in [4.69, 9.17) is 17.0 Å². The van der Waals surface area contributed by atoms with E-state index in [1.54, 1.807) is 0 Å². The maximum Gasteiger partial charge on any atom is 0.166 e. The third kappa shape index (κ3) is 5.84. The second-order valence-corrected chi connectivity index (χ2v) is 5.42. The molecule has 0 aliphatic carbocycles. The highest BCUT2D eigenvalue weighted by molar-refractivity contribution is 7.80. The van der Waals surface area contributed by atoms with Gasteiger partial charge in [0.05, 0.1) is 13.2 Å². The molecule has 2 rings (SSSR count). The zero-order valence-corrected chi connectivity index (χ0v) is 13.7. The van der Waals surface area contributed by atoms with E-state index in [2.05, 4.69) is 47.0 Å². The minimum atomic E-state index is 0.611. The van der Waals surface area contributed by atoms with Crippen molar-refractivity contribution in [3.05, 3.63) is 71.3 Å². The second-order valence-electron chi connectivity index (χ2n) is 5.01. The lowest BCUT2D eigenvalue weighted by Crippen LogP contribution is -2.34. The summed E-state index contributed by atoms with van der Waals surface area (Å²) in [5.74, 6) is 0. The van der Waals surface area contributed by atoms with Gasteiger partial charge in [-0.1, -0.05) is 54.6 Å². The molecule has 0 heterocycles. The topological polar surface area (TPSA) is 33.3 Å². The van der Waals surface area contributed by atoms with E-state index < -0.39 is 0 Å². The summed E-state index contributed by atoms with van der Waals surface area (Å²) in [6, 6.07) is 18.6. The molecule has 0 spiro atoms. The molecule has 2 N–H and O–H groups in total. The minimum Gasteiger partial charge on any atom is -0.372 e. The molecular formula is C18H22N2OS. The Balaban J connectivity index is 1.79. The molecule has 0 unspecified atom stereocenters. The number of nitrogens with one attached hydrogen (secondary N) is 2. The molecule has 0 atom stereocenters. The largest absolute Gasteiger partial charge is 0.372 e. The van der Waals surface area contributed by atoms with Crippen molar-refractivity contribution in [3.8, 4) is 0 Å². The normalized spacial score (nSPS) is 10.2. The summed E-state index contributed by atoms with van der Waals surface area (Å²) in [6.45, 7) is 4.82. The van der Waals surface area contributed by atoms with Crippen molar-refractivity contribution in [1.82, 2.24) is 10.6 Å². The lowest BCUT2D eigenvalue weighted by molar-refractivity contribution is 0.107. The molecule has 0 amide bonds. The average molecular weight is 314 g/mol.